The third-order valence-corrected chi connectivity index (χ3v) is 4.59. The van der Waals surface area contributed by atoms with Gasteiger partial charge in [0.2, 0.25) is 0 Å². The zero-order valence-corrected chi connectivity index (χ0v) is 13.0. The molecule has 3 unspecified atom stereocenters. The van der Waals surface area contributed by atoms with E-state index in [1.165, 1.54) is 12.8 Å². The van der Waals surface area contributed by atoms with Gasteiger partial charge in [-0.1, -0.05) is 19.8 Å². The maximum atomic E-state index is 10.7. The van der Waals surface area contributed by atoms with Crippen molar-refractivity contribution >= 4 is 15.9 Å². The van der Waals surface area contributed by atoms with Crippen LogP contribution < -0.4 is 0 Å². The Hall–Kier alpha value is -0.350. The van der Waals surface area contributed by atoms with Gasteiger partial charge in [-0.05, 0) is 54.5 Å². The Morgan fingerprint density at radius 3 is 2.78 bits per heavy atom. The number of hydrogen-bond donors (Lipinski definition) is 1. The molecule has 1 aliphatic carbocycles. The Labute approximate surface area is 118 Å². The molecule has 0 aliphatic heterocycles. The van der Waals surface area contributed by atoms with E-state index in [1.807, 2.05) is 4.68 Å². The van der Waals surface area contributed by atoms with Crippen molar-refractivity contribution in [1.29, 1.82) is 0 Å². The molecule has 1 saturated carbocycles. The summed E-state index contributed by atoms with van der Waals surface area (Å²) in [6.07, 6.45) is 6.18. The first-order valence-corrected chi connectivity index (χ1v) is 7.71. The van der Waals surface area contributed by atoms with Crippen LogP contribution in [0.5, 0.6) is 0 Å². The van der Waals surface area contributed by atoms with Gasteiger partial charge < -0.3 is 5.11 Å². The summed E-state index contributed by atoms with van der Waals surface area (Å²) in [5, 5.41) is 15.0. The second-order valence-electron chi connectivity index (χ2n) is 5.89. The lowest BCUT2D eigenvalue weighted by atomic mass is 9.79. The van der Waals surface area contributed by atoms with Crippen LogP contribution in [0.3, 0.4) is 0 Å². The molecule has 1 fully saturated rings. The van der Waals surface area contributed by atoms with Gasteiger partial charge in [0.1, 0.15) is 0 Å². The van der Waals surface area contributed by atoms with Crippen LogP contribution in [-0.4, -0.2) is 14.9 Å². The monoisotopic (exact) mass is 314 g/mol. The summed E-state index contributed by atoms with van der Waals surface area (Å²) in [5.74, 6) is 1.10. The van der Waals surface area contributed by atoms with Gasteiger partial charge in [-0.15, -0.1) is 0 Å². The third-order valence-electron chi connectivity index (χ3n) is 3.98. The van der Waals surface area contributed by atoms with Gasteiger partial charge in [0.25, 0.3) is 0 Å². The lowest BCUT2D eigenvalue weighted by Gasteiger charge is -2.31. The smallest absolute Gasteiger partial charge is 0.0996 e. The average Bonchev–Trinajstić information content (AvgIpc) is 2.70. The minimum absolute atomic E-state index is 0.280. The lowest BCUT2D eigenvalue weighted by Crippen LogP contribution is -2.23. The molecule has 0 saturated heterocycles. The van der Waals surface area contributed by atoms with E-state index in [4.69, 9.17) is 0 Å². The molecule has 0 radical (unpaired) electrons. The Balaban J connectivity index is 2.22. The van der Waals surface area contributed by atoms with Crippen molar-refractivity contribution in [3.63, 3.8) is 0 Å². The predicted octanol–water partition coefficient (Wildman–Crippen LogP) is 4.09. The molecular formula is C14H23BrN2O. The third kappa shape index (κ3) is 2.80. The van der Waals surface area contributed by atoms with Crippen molar-refractivity contribution in [2.45, 2.75) is 58.6 Å². The molecule has 1 aromatic heterocycles. The summed E-state index contributed by atoms with van der Waals surface area (Å²) in [6, 6.07) is 0.280. The maximum absolute atomic E-state index is 10.7. The molecule has 1 N–H and O–H groups in total. The summed E-state index contributed by atoms with van der Waals surface area (Å²) < 4.78 is 2.87. The SMILES string of the molecule is CC1CCCC(C(O)c2c(Br)cnn2C(C)C)C1. The Morgan fingerprint density at radius 1 is 1.44 bits per heavy atom. The first-order valence-electron chi connectivity index (χ1n) is 6.91. The quantitative estimate of drug-likeness (QED) is 0.912. The zero-order chi connectivity index (χ0) is 13.3. The molecule has 3 nitrogen and oxygen atoms in total. The zero-order valence-electron chi connectivity index (χ0n) is 11.4. The fraction of sp³-hybridized carbons (Fsp3) is 0.786. The normalized spacial score (nSPS) is 26.6. The van der Waals surface area contributed by atoms with E-state index in [0.717, 1.165) is 28.9 Å². The van der Waals surface area contributed by atoms with Crippen LogP contribution in [0.15, 0.2) is 10.7 Å². The molecular weight excluding hydrogens is 292 g/mol. The van der Waals surface area contributed by atoms with E-state index in [1.54, 1.807) is 6.20 Å². The van der Waals surface area contributed by atoms with Crippen LogP contribution in [0.4, 0.5) is 0 Å². The summed E-state index contributed by atoms with van der Waals surface area (Å²) in [4.78, 5) is 0. The van der Waals surface area contributed by atoms with Crippen LogP contribution >= 0.6 is 15.9 Å². The summed E-state index contributed by atoms with van der Waals surface area (Å²) in [6.45, 7) is 6.48. The molecule has 18 heavy (non-hydrogen) atoms. The van der Waals surface area contributed by atoms with E-state index >= 15 is 0 Å². The number of rotatable bonds is 3. The summed E-state index contributed by atoms with van der Waals surface area (Å²) >= 11 is 3.52. The number of aromatic nitrogens is 2. The fourth-order valence-corrected chi connectivity index (χ4v) is 3.54. The summed E-state index contributed by atoms with van der Waals surface area (Å²) in [7, 11) is 0. The van der Waals surface area contributed by atoms with Crippen molar-refractivity contribution in [1.82, 2.24) is 9.78 Å². The number of aliphatic hydroxyl groups is 1. The van der Waals surface area contributed by atoms with E-state index in [2.05, 4.69) is 41.8 Å². The van der Waals surface area contributed by atoms with Crippen LogP contribution in [-0.2, 0) is 0 Å². The minimum atomic E-state index is -0.396. The highest BCUT2D eigenvalue weighted by Gasteiger charge is 2.30. The van der Waals surface area contributed by atoms with E-state index in [0.29, 0.717) is 5.92 Å². The first kappa shape index (κ1) is 14.1. The highest BCUT2D eigenvalue weighted by Crippen LogP contribution is 2.39. The van der Waals surface area contributed by atoms with Crippen LogP contribution in [0.2, 0.25) is 0 Å². The molecule has 3 atom stereocenters. The van der Waals surface area contributed by atoms with Gasteiger partial charge in [-0.2, -0.15) is 5.10 Å². The molecule has 4 heteroatoms. The van der Waals surface area contributed by atoms with Gasteiger partial charge in [0.15, 0.2) is 0 Å². The number of hydrogen-bond acceptors (Lipinski definition) is 2. The molecule has 1 heterocycles. The van der Waals surface area contributed by atoms with Gasteiger partial charge in [0, 0.05) is 6.04 Å². The molecule has 1 aromatic rings. The Kier molecular flexibility index (Phi) is 4.49. The van der Waals surface area contributed by atoms with Crippen molar-refractivity contribution in [2.75, 3.05) is 0 Å². The van der Waals surface area contributed by atoms with Crippen LogP contribution in [0, 0.1) is 11.8 Å². The van der Waals surface area contributed by atoms with Gasteiger partial charge in [-0.25, -0.2) is 0 Å². The van der Waals surface area contributed by atoms with Crippen LogP contribution in [0.1, 0.15) is 64.3 Å². The van der Waals surface area contributed by atoms with Gasteiger partial charge in [0.05, 0.1) is 22.5 Å². The molecule has 0 amide bonds. The lowest BCUT2D eigenvalue weighted by molar-refractivity contribution is 0.0625. The van der Waals surface area contributed by atoms with Crippen molar-refractivity contribution < 1.29 is 5.11 Å². The number of halogens is 1. The number of nitrogens with zero attached hydrogens (tertiary/aromatic N) is 2. The highest BCUT2D eigenvalue weighted by atomic mass is 79.9. The van der Waals surface area contributed by atoms with Gasteiger partial charge >= 0.3 is 0 Å². The molecule has 1 aliphatic rings. The fourth-order valence-electron chi connectivity index (χ4n) is 3.03. The van der Waals surface area contributed by atoms with Crippen molar-refractivity contribution in [2.24, 2.45) is 11.8 Å². The Morgan fingerprint density at radius 2 is 2.17 bits per heavy atom. The second-order valence-corrected chi connectivity index (χ2v) is 6.75. The Bertz CT molecular complexity index is 402. The van der Waals surface area contributed by atoms with E-state index in [9.17, 15) is 5.11 Å². The van der Waals surface area contributed by atoms with E-state index < -0.39 is 6.10 Å². The highest BCUT2D eigenvalue weighted by molar-refractivity contribution is 9.10. The molecule has 102 valence electrons. The summed E-state index contributed by atoms with van der Waals surface area (Å²) in [5.41, 5.74) is 0.948. The topological polar surface area (TPSA) is 38.1 Å². The van der Waals surface area contributed by atoms with Crippen molar-refractivity contribution in [3.8, 4) is 0 Å². The minimum Gasteiger partial charge on any atom is -0.386 e. The van der Waals surface area contributed by atoms with Crippen molar-refractivity contribution in [3.05, 3.63) is 16.4 Å². The average molecular weight is 315 g/mol. The molecule has 0 aromatic carbocycles. The number of aliphatic hydroxyl groups excluding tert-OH is 1. The molecule has 2 rings (SSSR count). The standard InChI is InChI=1S/C14H23BrN2O/c1-9(2)17-13(12(15)8-16-17)14(18)11-6-4-5-10(3)7-11/h8-11,14,18H,4-7H2,1-3H3. The first-order chi connectivity index (χ1) is 8.50. The molecule has 0 bridgehead atoms. The van der Waals surface area contributed by atoms with Crippen LogP contribution in [0.25, 0.3) is 0 Å². The maximum Gasteiger partial charge on any atom is 0.0996 e. The van der Waals surface area contributed by atoms with E-state index in [-0.39, 0.29) is 6.04 Å². The predicted molar refractivity (Wildman–Crippen MR) is 76.4 cm³/mol. The second kappa shape index (κ2) is 5.74. The molecule has 0 spiro atoms. The largest absolute Gasteiger partial charge is 0.386 e. The van der Waals surface area contributed by atoms with Gasteiger partial charge in [-0.3, -0.25) is 4.68 Å².